The van der Waals surface area contributed by atoms with Gasteiger partial charge in [0.2, 0.25) is 0 Å². The zero-order valence-corrected chi connectivity index (χ0v) is 19.4. The van der Waals surface area contributed by atoms with Crippen molar-refractivity contribution in [3.05, 3.63) is 74.6 Å². The Labute approximate surface area is 195 Å². The summed E-state index contributed by atoms with van der Waals surface area (Å²) in [5.41, 5.74) is 2.28. The molecule has 0 radical (unpaired) electrons. The minimum Gasteiger partial charge on any atom is -0.504 e. The van der Waals surface area contributed by atoms with E-state index in [0.29, 0.717) is 52.5 Å². The van der Waals surface area contributed by atoms with Crippen molar-refractivity contribution >= 4 is 10.9 Å². The molecule has 1 N–H and O–H groups in total. The molecule has 3 heterocycles. The first-order chi connectivity index (χ1) is 16.4. The lowest BCUT2D eigenvalue weighted by Crippen LogP contribution is -2.37. The van der Waals surface area contributed by atoms with Gasteiger partial charge in [0.05, 0.1) is 43.1 Å². The highest BCUT2D eigenvalue weighted by Gasteiger charge is 2.34. The van der Waals surface area contributed by atoms with E-state index in [2.05, 4.69) is 0 Å². The van der Waals surface area contributed by atoms with Crippen LogP contribution in [-0.4, -0.2) is 39.6 Å². The Kier molecular flexibility index (Phi) is 5.21. The van der Waals surface area contributed by atoms with Crippen LogP contribution in [0.2, 0.25) is 0 Å². The van der Waals surface area contributed by atoms with Crippen molar-refractivity contribution < 1.29 is 19.3 Å². The lowest BCUT2D eigenvalue weighted by atomic mass is 10.0. The van der Waals surface area contributed by atoms with Crippen LogP contribution in [0.15, 0.2) is 52.1 Å². The van der Waals surface area contributed by atoms with Gasteiger partial charge in [-0.3, -0.25) is 13.9 Å². The van der Waals surface area contributed by atoms with Crippen LogP contribution in [-0.2, 0) is 25.4 Å². The molecule has 0 aliphatic carbocycles. The molecule has 9 heteroatoms. The van der Waals surface area contributed by atoms with Gasteiger partial charge in [0.25, 0.3) is 5.56 Å². The van der Waals surface area contributed by atoms with Crippen LogP contribution in [0.1, 0.15) is 17.4 Å². The first-order valence-corrected chi connectivity index (χ1v) is 10.8. The van der Waals surface area contributed by atoms with Crippen molar-refractivity contribution in [1.82, 2.24) is 13.7 Å². The second kappa shape index (κ2) is 8.11. The molecule has 5 rings (SSSR count). The lowest BCUT2D eigenvalue weighted by molar-refractivity contribution is 0.0462. The molecule has 0 amide bonds. The number of benzene rings is 2. The second-order valence-corrected chi connectivity index (χ2v) is 8.19. The van der Waals surface area contributed by atoms with Crippen LogP contribution in [0.5, 0.6) is 17.2 Å². The average Bonchev–Trinajstić information content (AvgIpc) is 3.22. The summed E-state index contributed by atoms with van der Waals surface area (Å²) in [6.45, 7) is 0.830. The van der Waals surface area contributed by atoms with Gasteiger partial charge in [-0.2, -0.15) is 0 Å². The summed E-state index contributed by atoms with van der Waals surface area (Å²) < 4.78 is 21.3. The number of nitrogens with zero attached hydrogens (tertiary/aromatic N) is 3. The van der Waals surface area contributed by atoms with E-state index >= 15 is 0 Å². The number of phenols is 1. The molecule has 2 aromatic heterocycles. The fourth-order valence-corrected chi connectivity index (χ4v) is 4.78. The minimum absolute atomic E-state index is 0.0439. The van der Waals surface area contributed by atoms with Gasteiger partial charge in [-0.25, -0.2) is 4.79 Å². The number of fused-ring (bicyclic) bond motifs is 3. The Morgan fingerprint density at radius 2 is 1.74 bits per heavy atom. The maximum Gasteiger partial charge on any atom is 0.331 e. The lowest BCUT2D eigenvalue weighted by Gasteiger charge is -2.28. The predicted molar refractivity (Wildman–Crippen MR) is 127 cm³/mol. The van der Waals surface area contributed by atoms with E-state index in [9.17, 15) is 14.7 Å². The normalized spacial score (nSPS) is 15.4. The maximum absolute atomic E-state index is 13.4. The zero-order chi connectivity index (χ0) is 24.1. The molecular weight excluding hydrogens is 438 g/mol. The predicted octanol–water partition coefficient (Wildman–Crippen LogP) is 2.55. The van der Waals surface area contributed by atoms with Gasteiger partial charge in [0, 0.05) is 26.2 Å². The summed E-state index contributed by atoms with van der Waals surface area (Å²) in [7, 11) is 6.19. The van der Waals surface area contributed by atoms with Gasteiger partial charge in [-0.15, -0.1) is 0 Å². The molecule has 0 saturated heterocycles. The van der Waals surface area contributed by atoms with E-state index in [0.717, 1.165) is 10.1 Å². The molecular formula is C25H25N3O6. The number of aromatic nitrogens is 3. The summed E-state index contributed by atoms with van der Waals surface area (Å²) in [6.07, 6.45) is -0.712. The van der Waals surface area contributed by atoms with Gasteiger partial charge in [0.1, 0.15) is 11.9 Å². The molecule has 34 heavy (non-hydrogen) atoms. The summed E-state index contributed by atoms with van der Waals surface area (Å²) in [4.78, 5) is 26.4. The highest BCUT2D eigenvalue weighted by molar-refractivity contribution is 5.96. The zero-order valence-electron chi connectivity index (χ0n) is 19.4. The number of ether oxygens (including phenoxy) is 3. The van der Waals surface area contributed by atoms with Crippen molar-refractivity contribution in [3.8, 4) is 28.5 Å². The molecule has 1 atom stereocenters. The number of hydrogen-bond donors (Lipinski definition) is 1. The Balaban J connectivity index is 1.91. The van der Waals surface area contributed by atoms with Crippen LogP contribution in [0.25, 0.3) is 22.2 Å². The van der Waals surface area contributed by atoms with Crippen molar-refractivity contribution in [1.29, 1.82) is 0 Å². The van der Waals surface area contributed by atoms with E-state index in [-0.39, 0.29) is 11.3 Å². The van der Waals surface area contributed by atoms with Crippen molar-refractivity contribution in [3.63, 3.8) is 0 Å². The largest absolute Gasteiger partial charge is 0.504 e. The van der Waals surface area contributed by atoms with Gasteiger partial charge in [0.15, 0.2) is 11.5 Å². The summed E-state index contributed by atoms with van der Waals surface area (Å²) in [5, 5.41) is 11.3. The van der Waals surface area contributed by atoms with Crippen molar-refractivity contribution in [2.45, 2.75) is 12.6 Å². The highest BCUT2D eigenvalue weighted by Crippen LogP contribution is 2.44. The molecule has 1 aliphatic rings. The number of rotatable bonds is 4. The number of hydrogen-bond acceptors (Lipinski definition) is 6. The average molecular weight is 463 g/mol. The Hall–Kier alpha value is -3.98. The SMILES string of the molecule is COc1ccc(-c2c3c(=O)n(C)c(=O)n(C)c3c3n2CCO[C@H]3c2cccc(OC)c2O)cc1. The topological polar surface area (TPSA) is 96.9 Å². The van der Waals surface area contributed by atoms with Gasteiger partial charge in [-0.1, -0.05) is 12.1 Å². The van der Waals surface area contributed by atoms with Crippen molar-refractivity contribution in [2.75, 3.05) is 20.8 Å². The molecule has 2 aromatic carbocycles. The van der Waals surface area contributed by atoms with Crippen LogP contribution in [0.3, 0.4) is 0 Å². The van der Waals surface area contributed by atoms with Crippen molar-refractivity contribution in [2.24, 2.45) is 14.1 Å². The number of aryl methyl sites for hydroxylation is 1. The van der Waals surface area contributed by atoms with Crippen LogP contribution in [0, 0.1) is 0 Å². The van der Waals surface area contributed by atoms with Gasteiger partial charge >= 0.3 is 5.69 Å². The van der Waals surface area contributed by atoms with Crippen LogP contribution in [0.4, 0.5) is 0 Å². The fraction of sp³-hybridized carbons (Fsp3) is 0.280. The first kappa shape index (κ1) is 21.8. The molecule has 0 bridgehead atoms. The molecule has 0 unspecified atom stereocenters. The molecule has 4 aromatic rings. The number of methoxy groups -OCH3 is 2. The van der Waals surface area contributed by atoms with E-state index in [1.54, 1.807) is 32.4 Å². The summed E-state index contributed by atoms with van der Waals surface area (Å²) >= 11 is 0. The molecule has 9 nitrogen and oxygen atoms in total. The van der Waals surface area contributed by atoms with E-state index in [1.165, 1.54) is 18.7 Å². The Bertz CT molecular complexity index is 1530. The molecule has 0 saturated carbocycles. The van der Waals surface area contributed by atoms with Gasteiger partial charge < -0.3 is 23.9 Å². The Morgan fingerprint density at radius 3 is 2.41 bits per heavy atom. The number of phenolic OH excluding ortho intramolecular Hbond substituents is 1. The smallest absolute Gasteiger partial charge is 0.331 e. The second-order valence-electron chi connectivity index (χ2n) is 8.19. The molecule has 0 spiro atoms. The van der Waals surface area contributed by atoms with Gasteiger partial charge in [-0.05, 0) is 35.9 Å². The third-order valence-electron chi connectivity index (χ3n) is 6.45. The third kappa shape index (κ3) is 3.04. The summed E-state index contributed by atoms with van der Waals surface area (Å²) in [5.74, 6) is 0.966. The Morgan fingerprint density at radius 1 is 1.00 bits per heavy atom. The summed E-state index contributed by atoms with van der Waals surface area (Å²) in [6, 6.07) is 12.6. The maximum atomic E-state index is 13.4. The standard InChI is InChI=1S/C25H25N3O6/c1-26-20-18(24(30)27(2)25(26)31)19(14-8-10-15(32-3)11-9-14)28-12-13-34-23(21(20)28)16-6-5-7-17(33-4)22(16)29/h5-11,23,29H,12-13H2,1-4H3/t23-/m0/s1. The van der Waals surface area contributed by atoms with Crippen LogP contribution >= 0.6 is 0 Å². The third-order valence-corrected chi connectivity index (χ3v) is 6.45. The fourth-order valence-electron chi connectivity index (χ4n) is 4.78. The number of aromatic hydroxyl groups is 1. The van der Waals surface area contributed by atoms with E-state index in [1.807, 2.05) is 28.8 Å². The quantitative estimate of drug-likeness (QED) is 0.500. The van der Waals surface area contributed by atoms with E-state index < -0.39 is 11.8 Å². The molecule has 1 aliphatic heterocycles. The van der Waals surface area contributed by atoms with Crippen LogP contribution < -0.4 is 20.7 Å². The van der Waals surface area contributed by atoms with E-state index in [4.69, 9.17) is 14.2 Å². The first-order valence-electron chi connectivity index (χ1n) is 10.8. The monoisotopic (exact) mass is 463 g/mol. The molecule has 176 valence electrons. The number of para-hydroxylation sites is 1. The minimum atomic E-state index is -0.712. The highest BCUT2D eigenvalue weighted by atomic mass is 16.5. The molecule has 0 fully saturated rings.